The molecule has 19 heavy (non-hydrogen) atoms. The van der Waals surface area contributed by atoms with Crippen molar-refractivity contribution in [2.24, 2.45) is 5.92 Å². The van der Waals surface area contributed by atoms with E-state index < -0.39 is 0 Å². The Morgan fingerprint density at radius 3 is 2.68 bits per heavy atom. The van der Waals surface area contributed by atoms with Gasteiger partial charge in [0, 0.05) is 30.8 Å². The molecule has 0 atom stereocenters. The highest BCUT2D eigenvalue weighted by Crippen LogP contribution is 2.31. The van der Waals surface area contributed by atoms with E-state index in [9.17, 15) is 9.59 Å². The molecule has 1 N–H and O–H groups in total. The van der Waals surface area contributed by atoms with Gasteiger partial charge < -0.3 is 10.2 Å². The van der Waals surface area contributed by atoms with Crippen molar-refractivity contribution < 1.29 is 9.59 Å². The molecule has 0 radical (unpaired) electrons. The van der Waals surface area contributed by atoms with E-state index in [1.54, 1.807) is 0 Å². The molecule has 0 saturated heterocycles. The van der Waals surface area contributed by atoms with E-state index >= 15 is 0 Å². The van der Waals surface area contributed by atoms with Crippen molar-refractivity contribution in [1.82, 2.24) is 0 Å². The lowest BCUT2D eigenvalue weighted by Crippen LogP contribution is -2.38. The summed E-state index contributed by atoms with van der Waals surface area (Å²) < 4.78 is 0. The van der Waals surface area contributed by atoms with E-state index in [2.05, 4.69) is 5.32 Å². The number of carbonyl (C=O) groups excluding carboxylic acids is 2. The SMILES string of the molecule is CC(=O)Nc1ccc2c(c1)N(C(=O)C(C)C)CCC2. The van der Waals surface area contributed by atoms with Gasteiger partial charge in [0.2, 0.25) is 11.8 Å². The fourth-order valence-corrected chi connectivity index (χ4v) is 2.40. The number of hydrogen-bond donors (Lipinski definition) is 1. The lowest BCUT2D eigenvalue weighted by atomic mass is 9.99. The van der Waals surface area contributed by atoms with Gasteiger partial charge in [-0.05, 0) is 30.5 Å². The Balaban J connectivity index is 2.35. The van der Waals surface area contributed by atoms with Crippen LogP contribution in [0, 0.1) is 5.92 Å². The number of rotatable bonds is 2. The molecule has 1 aliphatic rings. The van der Waals surface area contributed by atoms with Gasteiger partial charge in [0.25, 0.3) is 0 Å². The van der Waals surface area contributed by atoms with Crippen molar-refractivity contribution in [3.05, 3.63) is 23.8 Å². The van der Waals surface area contributed by atoms with Crippen LogP contribution in [-0.4, -0.2) is 18.4 Å². The number of anilines is 2. The zero-order valence-corrected chi connectivity index (χ0v) is 11.7. The van der Waals surface area contributed by atoms with Gasteiger partial charge >= 0.3 is 0 Å². The Labute approximate surface area is 113 Å². The van der Waals surface area contributed by atoms with Gasteiger partial charge in [0.05, 0.1) is 0 Å². The van der Waals surface area contributed by atoms with Crippen molar-refractivity contribution in [3.63, 3.8) is 0 Å². The number of benzene rings is 1. The summed E-state index contributed by atoms with van der Waals surface area (Å²) in [6.45, 7) is 6.06. The molecule has 0 unspecified atom stereocenters. The predicted octanol–water partition coefficient (Wildman–Crippen LogP) is 2.58. The van der Waals surface area contributed by atoms with Gasteiger partial charge in [-0.15, -0.1) is 0 Å². The van der Waals surface area contributed by atoms with Crippen LogP contribution in [0.1, 0.15) is 32.8 Å². The third kappa shape index (κ3) is 2.95. The van der Waals surface area contributed by atoms with E-state index in [0.717, 1.165) is 30.8 Å². The maximum absolute atomic E-state index is 12.2. The van der Waals surface area contributed by atoms with E-state index in [-0.39, 0.29) is 17.7 Å². The molecule has 102 valence electrons. The molecule has 0 aromatic heterocycles. The Morgan fingerprint density at radius 2 is 2.05 bits per heavy atom. The van der Waals surface area contributed by atoms with Gasteiger partial charge in [-0.1, -0.05) is 19.9 Å². The first kappa shape index (κ1) is 13.6. The number of carbonyl (C=O) groups is 2. The first-order valence-corrected chi connectivity index (χ1v) is 6.71. The first-order valence-electron chi connectivity index (χ1n) is 6.71. The zero-order valence-electron chi connectivity index (χ0n) is 11.7. The van der Waals surface area contributed by atoms with Gasteiger partial charge in [-0.25, -0.2) is 0 Å². The van der Waals surface area contributed by atoms with E-state index in [1.807, 2.05) is 36.9 Å². The van der Waals surface area contributed by atoms with E-state index in [0.29, 0.717) is 0 Å². The average molecular weight is 260 g/mol. The molecule has 0 spiro atoms. The van der Waals surface area contributed by atoms with Crippen molar-refractivity contribution in [1.29, 1.82) is 0 Å². The van der Waals surface area contributed by atoms with Gasteiger partial charge in [0.1, 0.15) is 0 Å². The van der Waals surface area contributed by atoms with Gasteiger partial charge in [-0.2, -0.15) is 0 Å². The van der Waals surface area contributed by atoms with Crippen molar-refractivity contribution >= 4 is 23.2 Å². The van der Waals surface area contributed by atoms with Crippen LogP contribution >= 0.6 is 0 Å². The quantitative estimate of drug-likeness (QED) is 0.888. The molecule has 1 aromatic rings. The summed E-state index contributed by atoms with van der Waals surface area (Å²) in [5.74, 6) is 0.0220. The summed E-state index contributed by atoms with van der Waals surface area (Å²) >= 11 is 0. The molecule has 0 bridgehead atoms. The van der Waals surface area contributed by atoms with Crippen LogP contribution < -0.4 is 10.2 Å². The summed E-state index contributed by atoms with van der Waals surface area (Å²) in [7, 11) is 0. The summed E-state index contributed by atoms with van der Waals surface area (Å²) in [5, 5.41) is 2.77. The molecule has 0 fully saturated rings. The second-order valence-electron chi connectivity index (χ2n) is 5.27. The molecule has 4 nitrogen and oxygen atoms in total. The van der Waals surface area contributed by atoms with Crippen LogP contribution in [0.15, 0.2) is 18.2 Å². The summed E-state index contributed by atoms with van der Waals surface area (Å²) in [5.41, 5.74) is 2.86. The normalized spacial score (nSPS) is 14.2. The van der Waals surface area contributed by atoms with E-state index in [4.69, 9.17) is 0 Å². The van der Waals surface area contributed by atoms with Crippen LogP contribution in [0.4, 0.5) is 11.4 Å². The highest BCUT2D eigenvalue weighted by atomic mass is 16.2. The number of amides is 2. The molecule has 0 aliphatic carbocycles. The van der Waals surface area contributed by atoms with Gasteiger partial charge in [0.15, 0.2) is 0 Å². The fourth-order valence-electron chi connectivity index (χ4n) is 2.40. The number of aryl methyl sites for hydroxylation is 1. The predicted molar refractivity (Wildman–Crippen MR) is 76.3 cm³/mol. The second kappa shape index (κ2) is 5.43. The van der Waals surface area contributed by atoms with Crippen LogP contribution in [0.5, 0.6) is 0 Å². The minimum Gasteiger partial charge on any atom is -0.326 e. The minimum atomic E-state index is -0.0995. The summed E-state index contributed by atoms with van der Waals surface area (Å²) in [6.07, 6.45) is 1.97. The zero-order chi connectivity index (χ0) is 14.0. The molecule has 1 aromatic carbocycles. The summed E-state index contributed by atoms with van der Waals surface area (Å²) in [6, 6.07) is 5.79. The maximum Gasteiger partial charge on any atom is 0.229 e. The lowest BCUT2D eigenvalue weighted by Gasteiger charge is -2.31. The first-order chi connectivity index (χ1) is 8.99. The molecule has 1 aliphatic heterocycles. The van der Waals surface area contributed by atoms with Crippen LogP contribution in [-0.2, 0) is 16.0 Å². The Morgan fingerprint density at radius 1 is 1.32 bits per heavy atom. The van der Waals surface area contributed by atoms with Crippen LogP contribution in [0.3, 0.4) is 0 Å². The molecular weight excluding hydrogens is 240 g/mol. The van der Waals surface area contributed by atoms with Crippen molar-refractivity contribution in [2.45, 2.75) is 33.6 Å². The largest absolute Gasteiger partial charge is 0.326 e. The highest BCUT2D eigenvalue weighted by Gasteiger charge is 2.24. The fraction of sp³-hybridized carbons (Fsp3) is 0.467. The molecular formula is C15H20N2O2. The third-order valence-corrected chi connectivity index (χ3v) is 3.28. The molecule has 0 saturated carbocycles. The molecule has 4 heteroatoms. The van der Waals surface area contributed by atoms with Crippen LogP contribution in [0.2, 0.25) is 0 Å². The Bertz CT molecular complexity index is 509. The topological polar surface area (TPSA) is 49.4 Å². The van der Waals surface area contributed by atoms with Crippen molar-refractivity contribution in [3.8, 4) is 0 Å². The smallest absolute Gasteiger partial charge is 0.229 e. The Kier molecular flexibility index (Phi) is 3.88. The van der Waals surface area contributed by atoms with Crippen LogP contribution in [0.25, 0.3) is 0 Å². The minimum absolute atomic E-state index is 0.0182. The monoisotopic (exact) mass is 260 g/mol. The number of fused-ring (bicyclic) bond motifs is 1. The Hall–Kier alpha value is -1.84. The number of hydrogen-bond acceptors (Lipinski definition) is 2. The molecule has 1 heterocycles. The average Bonchev–Trinajstić information content (AvgIpc) is 2.36. The van der Waals surface area contributed by atoms with Crippen molar-refractivity contribution in [2.75, 3.05) is 16.8 Å². The second-order valence-corrected chi connectivity index (χ2v) is 5.27. The summed E-state index contributed by atoms with van der Waals surface area (Å²) in [4.78, 5) is 25.2. The third-order valence-electron chi connectivity index (χ3n) is 3.28. The molecule has 2 rings (SSSR count). The number of nitrogens with zero attached hydrogens (tertiary/aromatic N) is 1. The van der Waals surface area contributed by atoms with E-state index in [1.165, 1.54) is 12.5 Å². The van der Waals surface area contributed by atoms with Gasteiger partial charge in [-0.3, -0.25) is 9.59 Å². The number of nitrogens with one attached hydrogen (secondary N) is 1. The highest BCUT2D eigenvalue weighted by molar-refractivity contribution is 5.97. The molecule has 2 amide bonds. The lowest BCUT2D eigenvalue weighted by molar-refractivity contribution is -0.121. The standard InChI is InChI=1S/C15H20N2O2/c1-10(2)15(19)17-8-4-5-12-6-7-13(9-14(12)17)16-11(3)18/h6-7,9-10H,4-5,8H2,1-3H3,(H,16,18). The maximum atomic E-state index is 12.2.